The van der Waals surface area contributed by atoms with Crippen LogP contribution in [0.5, 0.6) is 0 Å². The van der Waals surface area contributed by atoms with Crippen LogP contribution in [0, 0.1) is 30.1 Å². The van der Waals surface area contributed by atoms with Crippen molar-refractivity contribution in [3.05, 3.63) is 44.3 Å². The first-order valence-electron chi connectivity index (χ1n) is 12.2. The van der Waals surface area contributed by atoms with Crippen molar-refractivity contribution >= 4 is 11.9 Å². The van der Waals surface area contributed by atoms with E-state index in [2.05, 4.69) is 29.6 Å². The molecule has 218 valence electrons. The number of rotatable bonds is 6. The molecule has 0 aliphatic heterocycles. The van der Waals surface area contributed by atoms with Crippen LogP contribution in [0.15, 0.2) is 27.3 Å². The summed E-state index contributed by atoms with van der Waals surface area (Å²) in [6.07, 6.45) is 0.727. The van der Waals surface area contributed by atoms with Crippen LogP contribution < -0.4 is 11.6 Å². The predicted molar refractivity (Wildman–Crippen MR) is 139 cm³/mol. The maximum atomic E-state index is 11.4. The molecule has 0 spiro atoms. The Hall–Kier alpha value is -3.08. The third-order valence-corrected chi connectivity index (χ3v) is 4.44. The van der Waals surface area contributed by atoms with Gasteiger partial charge in [0.05, 0.1) is 17.4 Å². The monoisotopic (exact) mass is 544 g/mol. The molecule has 11 nitrogen and oxygen atoms in total. The third-order valence-electron chi connectivity index (χ3n) is 4.44. The van der Waals surface area contributed by atoms with Crippen molar-refractivity contribution in [2.24, 2.45) is 16.2 Å². The molecule has 0 unspecified atom stereocenters. The molecule has 0 radical (unpaired) electrons. The molecular formula is C27H44O11. The molecule has 2 aromatic heterocycles. The van der Waals surface area contributed by atoms with Gasteiger partial charge in [-0.1, -0.05) is 20.8 Å². The molecule has 0 bridgehead atoms. The fraction of sp³-hybridized carbons (Fsp3) is 0.704. The minimum Gasteiger partial charge on any atom is -0.463 e. The SMILES string of the molecule is COCCOC(=O)C(C)(C)C.Cc1oc(=O)oc1CC(C)(C)C.Cc1oc(=O)oc1COC(=O)C(C)(C)C. The maximum Gasteiger partial charge on any atom is 0.519 e. The summed E-state index contributed by atoms with van der Waals surface area (Å²) >= 11 is 0. The average molecular weight is 545 g/mol. The number of aryl methyl sites for hydroxylation is 2. The number of hydrogen-bond acceptors (Lipinski definition) is 11. The molecular weight excluding hydrogens is 500 g/mol. The number of methoxy groups -OCH3 is 1. The lowest BCUT2D eigenvalue weighted by Crippen LogP contribution is -2.24. The minimum atomic E-state index is -0.783. The molecule has 0 atom stereocenters. The van der Waals surface area contributed by atoms with Crippen molar-refractivity contribution in [2.75, 3.05) is 20.3 Å². The highest BCUT2D eigenvalue weighted by Crippen LogP contribution is 2.22. The zero-order chi connectivity index (χ0) is 29.9. The molecule has 2 heterocycles. The largest absolute Gasteiger partial charge is 0.519 e. The lowest BCUT2D eigenvalue weighted by Gasteiger charge is -2.15. The zero-order valence-corrected chi connectivity index (χ0v) is 24.8. The molecule has 0 aromatic carbocycles. The van der Waals surface area contributed by atoms with Crippen LogP contribution in [0.4, 0.5) is 0 Å². The summed E-state index contributed by atoms with van der Waals surface area (Å²) in [6, 6.07) is 0. The van der Waals surface area contributed by atoms with Gasteiger partial charge in [0.1, 0.15) is 18.1 Å². The molecule has 0 saturated heterocycles. The first-order valence-corrected chi connectivity index (χ1v) is 12.2. The van der Waals surface area contributed by atoms with Crippen LogP contribution in [-0.4, -0.2) is 32.3 Å². The Kier molecular flexibility index (Phi) is 13.6. The highest BCUT2D eigenvalue weighted by molar-refractivity contribution is 5.75. The Bertz CT molecular complexity index is 1110. The van der Waals surface area contributed by atoms with Crippen molar-refractivity contribution in [3.63, 3.8) is 0 Å². The van der Waals surface area contributed by atoms with E-state index in [1.54, 1.807) is 41.7 Å². The highest BCUT2D eigenvalue weighted by Gasteiger charge is 2.24. The summed E-state index contributed by atoms with van der Waals surface area (Å²) < 4.78 is 33.5. The standard InChI is InChI=1S/C10H14O5.C9H14O3.C8H16O3/c1-6-7(15-9(12)14-6)5-13-8(11)10(2,3)4;1-6-7(5-9(2,3)4)12-8(10)11-6;1-8(2,3)7(9)11-6-5-10-4/h5H2,1-4H3;5H2,1-4H3;5-6H2,1-4H3. The summed E-state index contributed by atoms with van der Waals surface area (Å²) in [5.74, 6) is -0.0944. The van der Waals surface area contributed by atoms with E-state index in [1.807, 2.05) is 20.8 Å². The molecule has 0 aliphatic rings. The molecule has 0 fully saturated rings. The smallest absolute Gasteiger partial charge is 0.463 e. The molecule has 38 heavy (non-hydrogen) atoms. The predicted octanol–water partition coefficient (Wildman–Crippen LogP) is 4.98. The van der Waals surface area contributed by atoms with Crippen LogP contribution in [0.25, 0.3) is 0 Å². The molecule has 0 amide bonds. The number of carbonyl (C=O) groups is 2. The van der Waals surface area contributed by atoms with Gasteiger partial charge in [0.2, 0.25) is 0 Å². The summed E-state index contributed by atoms with van der Waals surface area (Å²) in [7, 11) is 1.57. The van der Waals surface area contributed by atoms with E-state index in [1.165, 1.54) is 0 Å². The lowest BCUT2D eigenvalue weighted by atomic mass is 9.91. The van der Waals surface area contributed by atoms with Crippen LogP contribution in [-0.2, 0) is 36.8 Å². The number of ether oxygens (including phenoxy) is 3. The van der Waals surface area contributed by atoms with Crippen molar-refractivity contribution in [1.82, 2.24) is 0 Å². The van der Waals surface area contributed by atoms with Gasteiger partial charge in [-0.25, -0.2) is 9.59 Å². The first-order chi connectivity index (χ1) is 17.2. The van der Waals surface area contributed by atoms with Gasteiger partial charge in [0, 0.05) is 13.5 Å². The Labute approximate surface area is 223 Å². The number of carbonyl (C=O) groups excluding carboxylic acids is 2. The normalized spacial score (nSPS) is 11.6. The van der Waals surface area contributed by atoms with Gasteiger partial charge in [0.15, 0.2) is 18.1 Å². The molecule has 0 N–H and O–H groups in total. The molecule has 0 saturated carbocycles. The minimum absolute atomic E-state index is 0.0757. The van der Waals surface area contributed by atoms with Gasteiger partial charge in [-0.05, 0) is 60.8 Å². The molecule has 2 rings (SSSR count). The van der Waals surface area contributed by atoms with Crippen molar-refractivity contribution < 1.29 is 41.5 Å². The van der Waals surface area contributed by atoms with Crippen molar-refractivity contribution in [1.29, 1.82) is 0 Å². The highest BCUT2D eigenvalue weighted by atomic mass is 16.6. The van der Waals surface area contributed by atoms with Gasteiger partial charge < -0.3 is 31.9 Å². The second-order valence-electron chi connectivity index (χ2n) is 11.8. The first kappa shape index (κ1) is 34.9. The van der Waals surface area contributed by atoms with E-state index in [9.17, 15) is 19.2 Å². The van der Waals surface area contributed by atoms with Gasteiger partial charge in [-0.3, -0.25) is 9.59 Å². The second kappa shape index (κ2) is 14.8. The van der Waals surface area contributed by atoms with Crippen molar-refractivity contribution in [2.45, 2.75) is 89.2 Å². The van der Waals surface area contributed by atoms with Crippen LogP contribution in [0.3, 0.4) is 0 Å². The van der Waals surface area contributed by atoms with Crippen molar-refractivity contribution in [3.8, 4) is 0 Å². The van der Waals surface area contributed by atoms with E-state index in [0.717, 1.165) is 6.42 Å². The quantitative estimate of drug-likeness (QED) is 0.358. The zero-order valence-electron chi connectivity index (χ0n) is 24.8. The maximum absolute atomic E-state index is 11.4. The second-order valence-corrected chi connectivity index (χ2v) is 11.8. The number of hydrogen-bond donors (Lipinski definition) is 0. The van der Waals surface area contributed by atoms with Gasteiger partial charge in [-0.15, -0.1) is 0 Å². The third kappa shape index (κ3) is 14.6. The van der Waals surface area contributed by atoms with E-state index < -0.39 is 22.5 Å². The van der Waals surface area contributed by atoms with Crippen LogP contribution in [0.2, 0.25) is 0 Å². The van der Waals surface area contributed by atoms with E-state index in [4.69, 9.17) is 23.0 Å². The van der Waals surface area contributed by atoms with E-state index in [-0.39, 0.29) is 29.7 Å². The topological polar surface area (TPSA) is 149 Å². The summed E-state index contributed by atoms with van der Waals surface area (Å²) in [5.41, 5.74) is -0.865. The fourth-order valence-corrected chi connectivity index (χ4v) is 2.31. The van der Waals surface area contributed by atoms with Crippen LogP contribution in [0.1, 0.15) is 85.4 Å². The fourth-order valence-electron chi connectivity index (χ4n) is 2.31. The molecule has 11 heteroatoms. The average Bonchev–Trinajstić information content (AvgIpc) is 3.23. The summed E-state index contributed by atoms with van der Waals surface area (Å²) in [4.78, 5) is 43.8. The van der Waals surface area contributed by atoms with Crippen LogP contribution >= 0.6 is 0 Å². The number of esters is 2. The summed E-state index contributed by atoms with van der Waals surface area (Å²) in [6.45, 7) is 21.0. The van der Waals surface area contributed by atoms with Gasteiger partial charge in [-0.2, -0.15) is 0 Å². The van der Waals surface area contributed by atoms with Gasteiger partial charge in [0.25, 0.3) is 0 Å². The Morgan fingerprint density at radius 3 is 1.42 bits per heavy atom. The van der Waals surface area contributed by atoms with E-state index in [0.29, 0.717) is 30.5 Å². The van der Waals surface area contributed by atoms with E-state index >= 15 is 0 Å². The Morgan fingerprint density at radius 2 is 1.08 bits per heavy atom. The van der Waals surface area contributed by atoms with Gasteiger partial charge >= 0.3 is 23.6 Å². The lowest BCUT2D eigenvalue weighted by molar-refractivity contribution is -0.155. The Morgan fingerprint density at radius 1 is 0.658 bits per heavy atom. The molecule has 2 aromatic rings. The summed E-state index contributed by atoms with van der Waals surface area (Å²) in [5, 5.41) is 0. The Balaban J connectivity index is 0.000000549. The molecule has 0 aliphatic carbocycles.